The summed E-state index contributed by atoms with van der Waals surface area (Å²) in [5.74, 6) is 0. The highest BCUT2D eigenvalue weighted by Crippen LogP contribution is 2.21. The molecule has 1 unspecified atom stereocenters. The SMILES string of the molecule is CSc1ccc(C(C)N[C@H](C)c2ccccc2)cc1. The molecule has 1 N–H and O–H groups in total. The summed E-state index contributed by atoms with van der Waals surface area (Å²) < 4.78 is 0. The van der Waals surface area contributed by atoms with Gasteiger partial charge in [-0.1, -0.05) is 42.5 Å². The van der Waals surface area contributed by atoms with E-state index < -0.39 is 0 Å². The summed E-state index contributed by atoms with van der Waals surface area (Å²) in [7, 11) is 0. The van der Waals surface area contributed by atoms with Gasteiger partial charge in [0.1, 0.15) is 0 Å². The minimum Gasteiger partial charge on any atom is -0.304 e. The third-order valence-electron chi connectivity index (χ3n) is 3.42. The van der Waals surface area contributed by atoms with Crippen molar-refractivity contribution >= 4 is 11.8 Å². The van der Waals surface area contributed by atoms with Gasteiger partial charge >= 0.3 is 0 Å². The quantitative estimate of drug-likeness (QED) is 0.782. The second-order valence-corrected chi connectivity index (χ2v) is 5.67. The summed E-state index contributed by atoms with van der Waals surface area (Å²) in [5.41, 5.74) is 2.66. The Hall–Kier alpha value is -1.25. The molecule has 0 amide bonds. The Morgan fingerprint density at radius 2 is 1.32 bits per heavy atom. The van der Waals surface area contributed by atoms with Gasteiger partial charge < -0.3 is 5.32 Å². The lowest BCUT2D eigenvalue weighted by molar-refractivity contribution is 0.494. The van der Waals surface area contributed by atoms with Crippen LogP contribution in [0.25, 0.3) is 0 Å². The molecule has 0 aliphatic carbocycles. The van der Waals surface area contributed by atoms with Crippen LogP contribution in [0.5, 0.6) is 0 Å². The van der Waals surface area contributed by atoms with E-state index in [1.807, 2.05) is 0 Å². The van der Waals surface area contributed by atoms with Crippen molar-refractivity contribution in [3.8, 4) is 0 Å². The Labute approximate surface area is 120 Å². The lowest BCUT2D eigenvalue weighted by Crippen LogP contribution is -2.22. The van der Waals surface area contributed by atoms with Crippen LogP contribution in [-0.4, -0.2) is 6.26 Å². The molecule has 0 bridgehead atoms. The molecular weight excluding hydrogens is 250 g/mol. The summed E-state index contributed by atoms with van der Waals surface area (Å²) in [5, 5.41) is 3.64. The molecule has 2 aromatic rings. The molecule has 0 aromatic heterocycles. The van der Waals surface area contributed by atoms with Crippen molar-refractivity contribution in [2.75, 3.05) is 6.26 Å². The topological polar surface area (TPSA) is 12.0 Å². The van der Waals surface area contributed by atoms with Crippen LogP contribution in [0, 0.1) is 0 Å². The van der Waals surface area contributed by atoms with Gasteiger partial charge in [-0.2, -0.15) is 0 Å². The fourth-order valence-corrected chi connectivity index (χ4v) is 2.61. The van der Waals surface area contributed by atoms with E-state index in [2.05, 4.69) is 80.0 Å². The molecule has 2 aromatic carbocycles. The molecule has 0 aliphatic heterocycles. The molecule has 2 heteroatoms. The molecule has 19 heavy (non-hydrogen) atoms. The van der Waals surface area contributed by atoms with Gasteiger partial charge in [0.25, 0.3) is 0 Å². The van der Waals surface area contributed by atoms with E-state index in [0.717, 1.165) is 0 Å². The van der Waals surface area contributed by atoms with Crippen molar-refractivity contribution in [1.29, 1.82) is 0 Å². The fourth-order valence-electron chi connectivity index (χ4n) is 2.20. The minimum absolute atomic E-state index is 0.353. The number of hydrogen-bond donors (Lipinski definition) is 1. The Morgan fingerprint density at radius 3 is 1.84 bits per heavy atom. The molecule has 0 saturated carbocycles. The largest absolute Gasteiger partial charge is 0.304 e. The van der Waals surface area contributed by atoms with Crippen LogP contribution in [0.1, 0.15) is 37.1 Å². The molecule has 100 valence electrons. The predicted molar refractivity (Wildman–Crippen MR) is 84.6 cm³/mol. The minimum atomic E-state index is 0.353. The monoisotopic (exact) mass is 271 g/mol. The smallest absolute Gasteiger partial charge is 0.0297 e. The van der Waals surface area contributed by atoms with E-state index >= 15 is 0 Å². The first-order valence-corrected chi connectivity index (χ1v) is 7.88. The highest BCUT2D eigenvalue weighted by atomic mass is 32.2. The van der Waals surface area contributed by atoms with Crippen LogP contribution >= 0.6 is 11.8 Å². The Morgan fingerprint density at radius 1 is 0.789 bits per heavy atom. The Bertz CT molecular complexity index is 492. The normalized spacial score (nSPS) is 14.1. The van der Waals surface area contributed by atoms with Crippen molar-refractivity contribution in [3.05, 3.63) is 65.7 Å². The summed E-state index contributed by atoms with van der Waals surface area (Å²) in [6, 6.07) is 20.1. The zero-order chi connectivity index (χ0) is 13.7. The van der Waals surface area contributed by atoms with Gasteiger partial charge in [-0.05, 0) is 43.4 Å². The highest BCUT2D eigenvalue weighted by Gasteiger charge is 2.10. The molecule has 0 saturated heterocycles. The lowest BCUT2D eigenvalue weighted by Gasteiger charge is -2.21. The van der Waals surface area contributed by atoms with E-state index in [9.17, 15) is 0 Å². The van der Waals surface area contributed by atoms with Crippen molar-refractivity contribution in [1.82, 2.24) is 5.32 Å². The summed E-state index contributed by atoms with van der Waals surface area (Å²) in [6.45, 7) is 4.43. The van der Waals surface area contributed by atoms with Gasteiger partial charge in [-0.15, -0.1) is 11.8 Å². The molecular formula is C17H21NS. The van der Waals surface area contributed by atoms with Crippen LogP contribution in [-0.2, 0) is 0 Å². The molecule has 0 aliphatic rings. The van der Waals surface area contributed by atoms with Crippen molar-refractivity contribution in [3.63, 3.8) is 0 Å². The van der Waals surface area contributed by atoms with E-state index in [1.165, 1.54) is 16.0 Å². The number of benzene rings is 2. The Balaban J connectivity index is 2.02. The van der Waals surface area contributed by atoms with E-state index in [0.29, 0.717) is 12.1 Å². The van der Waals surface area contributed by atoms with Crippen molar-refractivity contribution in [2.45, 2.75) is 30.8 Å². The number of rotatable bonds is 5. The third-order valence-corrected chi connectivity index (χ3v) is 4.16. The first-order chi connectivity index (χ1) is 9.20. The first-order valence-electron chi connectivity index (χ1n) is 6.65. The summed E-state index contributed by atoms with van der Waals surface area (Å²) in [6.07, 6.45) is 2.11. The standard InChI is InChI=1S/C17H21NS/c1-13(15-7-5-4-6-8-15)18-14(2)16-9-11-17(19-3)12-10-16/h4-14,18H,1-3H3/t13-,14?/m1/s1. The average molecular weight is 271 g/mol. The number of nitrogens with one attached hydrogen (secondary N) is 1. The van der Waals surface area contributed by atoms with Crippen LogP contribution in [0.2, 0.25) is 0 Å². The van der Waals surface area contributed by atoms with Gasteiger partial charge in [-0.25, -0.2) is 0 Å². The van der Waals surface area contributed by atoms with Crippen LogP contribution in [0.4, 0.5) is 0 Å². The maximum absolute atomic E-state index is 3.64. The van der Waals surface area contributed by atoms with E-state index in [1.54, 1.807) is 11.8 Å². The maximum Gasteiger partial charge on any atom is 0.0297 e. The van der Waals surface area contributed by atoms with Crippen LogP contribution in [0.3, 0.4) is 0 Å². The molecule has 2 rings (SSSR count). The van der Waals surface area contributed by atoms with Gasteiger partial charge in [-0.3, -0.25) is 0 Å². The molecule has 2 atom stereocenters. The van der Waals surface area contributed by atoms with Crippen LogP contribution in [0.15, 0.2) is 59.5 Å². The third kappa shape index (κ3) is 3.85. The molecule has 0 radical (unpaired) electrons. The van der Waals surface area contributed by atoms with Gasteiger partial charge in [0.05, 0.1) is 0 Å². The van der Waals surface area contributed by atoms with Gasteiger partial charge in [0.15, 0.2) is 0 Å². The zero-order valence-corrected chi connectivity index (χ0v) is 12.6. The van der Waals surface area contributed by atoms with E-state index in [4.69, 9.17) is 0 Å². The number of hydrogen-bond acceptors (Lipinski definition) is 2. The lowest BCUT2D eigenvalue weighted by atomic mass is 10.0. The summed E-state index contributed by atoms with van der Waals surface area (Å²) >= 11 is 1.78. The summed E-state index contributed by atoms with van der Waals surface area (Å²) in [4.78, 5) is 1.31. The first kappa shape index (κ1) is 14.2. The predicted octanol–water partition coefficient (Wildman–Crippen LogP) is 4.82. The van der Waals surface area contributed by atoms with Gasteiger partial charge in [0, 0.05) is 17.0 Å². The molecule has 1 nitrogen and oxygen atoms in total. The maximum atomic E-state index is 3.64. The van der Waals surface area contributed by atoms with Crippen molar-refractivity contribution in [2.24, 2.45) is 0 Å². The molecule has 0 heterocycles. The van der Waals surface area contributed by atoms with Crippen LogP contribution < -0.4 is 5.32 Å². The van der Waals surface area contributed by atoms with Gasteiger partial charge in [0.2, 0.25) is 0 Å². The second-order valence-electron chi connectivity index (χ2n) is 4.79. The highest BCUT2D eigenvalue weighted by molar-refractivity contribution is 7.98. The molecule has 0 spiro atoms. The Kier molecular flexibility index (Phi) is 5.06. The second kappa shape index (κ2) is 6.78. The number of thioether (sulfide) groups is 1. The van der Waals surface area contributed by atoms with E-state index in [-0.39, 0.29) is 0 Å². The van der Waals surface area contributed by atoms with Crippen molar-refractivity contribution < 1.29 is 0 Å². The zero-order valence-electron chi connectivity index (χ0n) is 11.8. The fraction of sp³-hybridized carbons (Fsp3) is 0.294. The average Bonchev–Trinajstić information content (AvgIpc) is 2.48. The molecule has 0 fully saturated rings.